The highest BCUT2D eigenvalue weighted by molar-refractivity contribution is 5.82. The van der Waals surface area contributed by atoms with Crippen LogP contribution < -0.4 is 5.73 Å². The van der Waals surface area contributed by atoms with Gasteiger partial charge in [-0.3, -0.25) is 9.59 Å². The van der Waals surface area contributed by atoms with Crippen LogP contribution in [0, 0.1) is 0 Å². The molecule has 0 unspecified atom stereocenters. The van der Waals surface area contributed by atoms with Gasteiger partial charge in [0.2, 0.25) is 5.91 Å². The summed E-state index contributed by atoms with van der Waals surface area (Å²) in [6, 6.07) is 9.11. The van der Waals surface area contributed by atoms with Crippen molar-refractivity contribution >= 4 is 11.9 Å². The smallest absolute Gasteiger partial charge is 0.307 e. The van der Waals surface area contributed by atoms with Crippen molar-refractivity contribution in [2.75, 3.05) is 13.1 Å². The molecule has 1 aliphatic heterocycles. The molecule has 1 saturated heterocycles. The second-order valence-electron chi connectivity index (χ2n) is 5.32. The van der Waals surface area contributed by atoms with Crippen molar-refractivity contribution in [3.8, 4) is 0 Å². The first kappa shape index (κ1) is 15.5. The molecule has 1 amide bonds. The monoisotopic (exact) mass is 290 g/mol. The van der Waals surface area contributed by atoms with Gasteiger partial charge >= 0.3 is 5.97 Å². The van der Waals surface area contributed by atoms with Gasteiger partial charge in [-0.25, -0.2) is 0 Å². The van der Waals surface area contributed by atoms with Crippen LogP contribution in [0.4, 0.5) is 0 Å². The zero-order valence-electron chi connectivity index (χ0n) is 12.2. The Balaban J connectivity index is 1.74. The molecule has 5 nitrogen and oxygen atoms in total. The molecule has 5 heteroatoms. The number of carbonyl (C=O) groups excluding carboxylic acids is 2. The van der Waals surface area contributed by atoms with E-state index in [0.717, 1.165) is 24.8 Å². The summed E-state index contributed by atoms with van der Waals surface area (Å²) in [4.78, 5) is 25.4. The number of hydrogen-bond acceptors (Lipinski definition) is 4. The molecule has 1 fully saturated rings. The highest BCUT2D eigenvalue weighted by atomic mass is 16.5. The van der Waals surface area contributed by atoms with Crippen molar-refractivity contribution in [1.82, 2.24) is 4.90 Å². The van der Waals surface area contributed by atoms with E-state index in [1.54, 1.807) is 4.90 Å². The van der Waals surface area contributed by atoms with Crippen LogP contribution in [0.3, 0.4) is 0 Å². The molecule has 2 rings (SSSR count). The van der Waals surface area contributed by atoms with Crippen LogP contribution in [-0.4, -0.2) is 35.9 Å². The normalized spacial score (nSPS) is 19.2. The molecule has 0 saturated carbocycles. The predicted octanol–water partition coefficient (Wildman–Crippen LogP) is 1.46. The first-order valence-electron chi connectivity index (χ1n) is 7.41. The van der Waals surface area contributed by atoms with Crippen molar-refractivity contribution in [2.24, 2.45) is 5.73 Å². The van der Waals surface area contributed by atoms with Crippen LogP contribution >= 0.6 is 0 Å². The van der Waals surface area contributed by atoms with Gasteiger partial charge in [0.1, 0.15) is 6.61 Å². The van der Waals surface area contributed by atoms with Crippen molar-refractivity contribution in [3.63, 3.8) is 0 Å². The number of likely N-dealkylation sites (tertiary alicyclic amines) is 1. The van der Waals surface area contributed by atoms with E-state index in [0.29, 0.717) is 13.1 Å². The SMILES string of the molecule is N[C@H]1CCCCN(CCC(=O)OCc2ccccc2)C1=O. The Kier molecular flexibility index (Phi) is 5.75. The Morgan fingerprint density at radius 2 is 2.05 bits per heavy atom. The number of nitrogens with two attached hydrogens (primary N) is 1. The quantitative estimate of drug-likeness (QED) is 0.833. The number of nitrogens with zero attached hydrogens (tertiary/aromatic N) is 1. The topological polar surface area (TPSA) is 72.6 Å². The minimum Gasteiger partial charge on any atom is -0.461 e. The summed E-state index contributed by atoms with van der Waals surface area (Å²) in [5, 5.41) is 0. The number of amides is 1. The summed E-state index contributed by atoms with van der Waals surface area (Å²) in [5.41, 5.74) is 6.76. The number of carbonyl (C=O) groups is 2. The lowest BCUT2D eigenvalue weighted by Crippen LogP contribution is -2.43. The molecule has 0 spiro atoms. The standard InChI is InChI=1S/C16H22N2O3/c17-14-8-4-5-10-18(16(14)20)11-9-15(19)21-12-13-6-2-1-3-7-13/h1-3,6-7,14H,4-5,8-12,17H2/t14-/m0/s1. The second-order valence-corrected chi connectivity index (χ2v) is 5.32. The highest BCUT2D eigenvalue weighted by Gasteiger charge is 2.24. The third-order valence-corrected chi connectivity index (χ3v) is 3.65. The Labute approximate surface area is 125 Å². The van der Waals surface area contributed by atoms with Gasteiger partial charge in [0.15, 0.2) is 0 Å². The maximum absolute atomic E-state index is 12.0. The number of ether oxygens (including phenoxy) is 1. The van der Waals surface area contributed by atoms with E-state index < -0.39 is 6.04 Å². The molecule has 2 N–H and O–H groups in total. The third kappa shape index (κ3) is 4.86. The Morgan fingerprint density at radius 1 is 1.29 bits per heavy atom. The molecule has 114 valence electrons. The maximum atomic E-state index is 12.0. The number of hydrogen-bond donors (Lipinski definition) is 1. The molecule has 21 heavy (non-hydrogen) atoms. The van der Waals surface area contributed by atoms with E-state index in [4.69, 9.17) is 10.5 Å². The summed E-state index contributed by atoms with van der Waals surface area (Å²) in [6.07, 6.45) is 2.85. The minimum absolute atomic E-state index is 0.0524. The van der Waals surface area contributed by atoms with E-state index in [1.165, 1.54) is 0 Å². The molecule has 0 bridgehead atoms. The number of esters is 1. The van der Waals surface area contributed by atoms with E-state index in [2.05, 4.69) is 0 Å². The Bertz CT molecular complexity index is 476. The lowest BCUT2D eigenvalue weighted by Gasteiger charge is -2.22. The van der Waals surface area contributed by atoms with Crippen molar-refractivity contribution < 1.29 is 14.3 Å². The zero-order chi connectivity index (χ0) is 15.1. The molecule has 0 aromatic heterocycles. The molecule has 1 aromatic carbocycles. The molecule has 1 atom stereocenters. The zero-order valence-corrected chi connectivity index (χ0v) is 12.2. The van der Waals surface area contributed by atoms with Gasteiger partial charge in [-0.05, 0) is 24.8 Å². The van der Waals surface area contributed by atoms with Crippen LogP contribution in [0.5, 0.6) is 0 Å². The number of benzene rings is 1. The first-order valence-corrected chi connectivity index (χ1v) is 7.41. The van der Waals surface area contributed by atoms with Gasteiger partial charge < -0.3 is 15.4 Å². The fourth-order valence-electron chi connectivity index (χ4n) is 2.39. The van der Waals surface area contributed by atoms with Crippen molar-refractivity contribution in [3.05, 3.63) is 35.9 Å². The molecule has 1 aromatic rings. The number of rotatable bonds is 5. The van der Waals surface area contributed by atoms with Crippen LogP contribution in [0.2, 0.25) is 0 Å². The van der Waals surface area contributed by atoms with E-state index in [1.807, 2.05) is 30.3 Å². The largest absolute Gasteiger partial charge is 0.461 e. The summed E-state index contributed by atoms with van der Waals surface area (Å²) < 4.78 is 5.20. The van der Waals surface area contributed by atoms with E-state index in [-0.39, 0.29) is 24.9 Å². The summed E-state index contributed by atoms with van der Waals surface area (Å²) >= 11 is 0. The van der Waals surface area contributed by atoms with Gasteiger partial charge in [0.05, 0.1) is 12.5 Å². The van der Waals surface area contributed by atoms with Crippen LogP contribution in [0.15, 0.2) is 30.3 Å². The van der Waals surface area contributed by atoms with Crippen LogP contribution in [0.1, 0.15) is 31.2 Å². The Morgan fingerprint density at radius 3 is 2.81 bits per heavy atom. The molecule has 0 radical (unpaired) electrons. The fraction of sp³-hybridized carbons (Fsp3) is 0.500. The van der Waals surface area contributed by atoms with Gasteiger partial charge in [0, 0.05) is 13.1 Å². The van der Waals surface area contributed by atoms with Gasteiger partial charge in [-0.1, -0.05) is 30.3 Å². The maximum Gasteiger partial charge on any atom is 0.307 e. The third-order valence-electron chi connectivity index (χ3n) is 3.65. The van der Waals surface area contributed by atoms with E-state index in [9.17, 15) is 9.59 Å². The Hall–Kier alpha value is -1.88. The van der Waals surface area contributed by atoms with Crippen LogP contribution in [0.25, 0.3) is 0 Å². The van der Waals surface area contributed by atoms with Crippen molar-refractivity contribution in [2.45, 2.75) is 38.3 Å². The molecule has 1 heterocycles. The summed E-state index contributed by atoms with van der Waals surface area (Å²) in [7, 11) is 0. The lowest BCUT2D eigenvalue weighted by molar-refractivity contribution is -0.145. The second kappa shape index (κ2) is 7.78. The average Bonchev–Trinajstić information content (AvgIpc) is 2.67. The summed E-state index contributed by atoms with van der Waals surface area (Å²) in [6.45, 7) is 1.34. The fourth-order valence-corrected chi connectivity index (χ4v) is 2.39. The van der Waals surface area contributed by atoms with Crippen molar-refractivity contribution in [1.29, 1.82) is 0 Å². The van der Waals surface area contributed by atoms with Gasteiger partial charge in [-0.2, -0.15) is 0 Å². The lowest BCUT2D eigenvalue weighted by atomic mass is 10.1. The summed E-state index contributed by atoms with van der Waals surface area (Å²) in [5.74, 6) is -0.340. The highest BCUT2D eigenvalue weighted by Crippen LogP contribution is 2.11. The molecular formula is C16H22N2O3. The minimum atomic E-state index is -0.423. The van der Waals surface area contributed by atoms with Gasteiger partial charge in [0.25, 0.3) is 0 Å². The van der Waals surface area contributed by atoms with Crippen LogP contribution in [-0.2, 0) is 20.9 Å². The molecule has 0 aliphatic carbocycles. The molecular weight excluding hydrogens is 268 g/mol. The van der Waals surface area contributed by atoms with Gasteiger partial charge in [-0.15, -0.1) is 0 Å². The predicted molar refractivity (Wildman–Crippen MR) is 79.3 cm³/mol. The first-order chi connectivity index (χ1) is 10.2. The molecule has 1 aliphatic rings. The van der Waals surface area contributed by atoms with E-state index >= 15 is 0 Å². The average molecular weight is 290 g/mol.